The zero-order valence-electron chi connectivity index (χ0n) is 21.1. The summed E-state index contributed by atoms with van der Waals surface area (Å²) in [6, 6.07) is 19.4. The summed E-state index contributed by atoms with van der Waals surface area (Å²) >= 11 is 0. The van der Waals surface area contributed by atoms with Gasteiger partial charge < -0.3 is 9.47 Å². The molecule has 35 heavy (non-hydrogen) atoms. The maximum atomic E-state index is 13.1. The van der Waals surface area contributed by atoms with Crippen LogP contribution in [0.1, 0.15) is 65.4 Å². The van der Waals surface area contributed by atoms with E-state index in [-0.39, 0.29) is 29.9 Å². The molecule has 182 valence electrons. The molecule has 5 rings (SSSR count). The number of carbonyl (C=O) groups is 2. The van der Waals surface area contributed by atoms with Crippen molar-refractivity contribution < 1.29 is 19.1 Å². The minimum Gasteiger partial charge on any atom is -0.462 e. The Morgan fingerprint density at radius 2 is 1.43 bits per heavy atom. The van der Waals surface area contributed by atoms with Crippen molar-refractivity contribution in [2.45, 2.75) is 71.5 Å². The van der Waals surface area contributed by atoms with Gasteiger partial charge in [-0.2, -0.15) is 0 Å². The standard InChI is InChI=1S/C31H34O4/c1-5-19(2)29(32)34-26-15-13-22(14-16-26)30(33)35-31(3,4)25-17-23-11-9-20-7-6-8-21-10-12-24(18-25)28(23)27(20)21/h6-12,17-19,22,26H,5,13-16H2,1-4H3. The number of hydrogen-bond donors (Lipinski definition) is 0. The highest BCUT2D eigenvalue weighted by Crippen LogP contribution is 2.38. The second-order valence-electron chi connectivity index (χ2n) is 10.7. The van der Waals surface area contributed by atoms with Gasteiger partial charge in [0.05, 0.1) is 11.8 Å². The minimum absolute atomic E-state index is 0.0786. The molecule has 4 heteroatoms. The van der Waals surface area contributed by atoms with Gasteiger partial charge in [0.25, 0.3) is 0 Å². The highest BCUT2D eigenvalue weighted by atomic mass is 16.6. The fourth-order valence-corrected chi connectivity index (χ4v) is 5.36. The van der Waals surface area contributed by atoms with Crippen LogP contribution in [0, 0.1) is 11.8 Å². The van der Waals surface area contributed by atoms with Crippen LogP contribution in [0.3, 0.4) is 0 Å². The quantitative estimate of drug-likeness (QED) is 0.216. The van der Waals surface area contributed by atoms with Gasteiger partial charge in [0.1, 0.15) is 11.7 Å². The number of hydrogen-bond acceptors (Lipinski definition) is 4. The lowest BCUT2D eigenvalue weighted by Gasteiger charge is -2.32. The third kappa shape index (κ3) is 4.47. The Bertz CT molecular complexity index is 1310. The van der Waals surface area contributed by atoms with Crippen molar-refractivity contribution in [3.63, 3.8) is 0 Å². The van der Waals surface area contributed by atoms with Gasteiger partial charge >= 0.3 is 11.9 Å². The van der Waals surface area contributed by atoms with E-state index in [1.807, 2.05) is 27.7 Å². The molecule has 1 saturated carbocycles. The van der Waals surface area contributed by atoms with E-state index in [4.69, 9.17) is 9.47 Å². The summed E-state index contributed by atoms with van der Waals surface area (Å²) in [6.45, 7) is 7.82. The van der Waals surface area contributed by atoms with E-state index in [0.29, 0.717) is 25.7 Å². The molecule has 0 aliphatic heterocycles. The van der Waals surface area contributed by atoms with Crippen LogP contribution in [0.2, 0.25) is 0 Å². The fraction of sp³-hybridized carbons (Fsp3) is 0.419. The molecular weight excluding hydrogens is 436 g/mol. The monoisotopic (exact) mass is 470 g/mol. The molecular formula is C31H34O4. The van der Waals surface area contributed by atoms with Gasteiger partial charge in [0.2, 0.25) is 0 Å². The molecule has 0 bridgehead atoms. The first-order valence-electron chi connectivity index (χ1n) is 12.9. The minimum atomic E-state index is -0.749. The predicted molar refractivity (Wildman–Crippen MR) is 141 cm³/mol. The Balaban J connectivity index is 1.31. The van der Waals surface area contributed by atoms with Crippen LogP contribution in [-0.4, -0.2) is 18.0 Å². The number of ether oxygens (including phenoxy) is 2. The molecule has 0 N–H and O–H groups in total. The van der Waals surface area contributed by atoms with Crippen LogP contribution in [-0.2, 0) is 24.7 Å². The highest BCUT2D eigenvalue weighted by molar-refractivity contribution is 6.23. The van der Waals surface area contributed by atoms with Gasteiger partial charge in [-0.3, -0.25) is 9.59 Å². The average Bonchev–Trinajstić information content (AvgIpc) is 2.86. The van der Waals surface area contributed by atoms with E-state index >= 15 is 0 Å². The highest BCUT2D eigenvalue weighted by Gasteiger charge is 2.34. The van der Waals surface area contributed by atoms with E-state index in [1.165, 1.54) is 21.5 Å². The molecule has 0 saturated heterocycles. The van der Waals surface area contributed by atoms with Crippen molar-refractivity contribution in [1.82, 2.24) is 0 Å². The van der Waals surface area contributed by atoms with Gasteiger partial charge in [-0.1, -0.05) is 56.3 Å². The molecule has 1 atom stereocenters. The lowest BCUT2D eigenvalue weighted by atomic mass is 9.86. The van der Waals surface area contributed by atoms with E-state index in [0.717, 1.165) is 22.8 Å². The summed E-state index contributed by atoms with van der Waals surface area (Å²) in [5, 5.41) is 7.35. The fourth-order valence-electron chi connectivity index (χ4n) is 5.36. The van der Waals surface area contributed by atoms with E-state index in [9.17, 15) is 9.59 Å². The van der Waals surface area contributed by atoms with Crippen LogP contribution in [0.4, 0.5) is 0 Å². The van der Waals surface area contributed by atoms with Crippen molar-refractivity contribution in [1.29, 1.82) is 0 Å². The summed E-state index contributed by atoms with van der Waals surface area (Å²) in [5.41, 5.74) is 0.245. The zero-order valence-corrected chi connectivity index (χ0v) is 21.1. The van der Waals surface area contributed by atoms with Crippen LogP contribution in [0.15, 0.2) is 54.6 Å². The third-order valence-corrected chi connectivity index (χ3v) is 7.82. The van der Waals surface area contributed by atoms with Crippen molar-refractivity contribution in [3.05, 3.63) is 60.2 Å². The summed E-state index contributed by atoms with van der Waals surface area (Å²) in [4.78, 5) is 25.2. The van der Waals surface area contributed by atoms with Gasteiger partial charge in [-0.15, -0.1) is 0 Å². The van der Waals surface area contributed by atoms with Crippen molar-refractivity contribution in [2.24, 2.45) is 11.8 Å². The molecule has 1 unspecified atom stereocenters. The summed E-state index contributed by atoms with van der Waals surface area (Å²) in [7, 11) is 0. The Morgan fingerprint density at radius 3 is 2.00 bits per heavy atom. The van der Waals surface area contributed by atoms with Crippen molar-refractivity contribution >= 4 is 44.3 Å². The molecule has 0 amide bonds. The first-order chi connectivity index (χ1) is 16.8. The first kappa shape index (κ1) is 23.6. The molecule has 1 aliphatic rings. The van der Waals surface area contributed by atoms with Crippen molar-refractivity contribution in [3.8, 4) is 0 Å². The van der Waals surface area contributed by atoms with Gasteiger partial charge in [-0.05, 0) is 96.0 Å². The second kappa shape index (κ2) is 9.14. The summed E-state index contributed by atoms with van der Waals surface area (Å²) in [5.74, 6) is -0.524. The molecule has 0 radical (unpaired) electrons. The van der Waals surface area contributed by atoms with E-state index in [2.05, 4.69) is 54.6 Å². The Hall–Kier alpha value is -3.14. The Morgan fingerprint density at radius 1 is 0.886 bits per heavy atom. The number of carbonyl (C=O) groups excluding carboxylic acids is 2. The molecule has 4 aromatic carbocycles. The van der Waals surface area contributed by atoms with Gasteiger partial charge in [-0.25, -0.2) is 0 Å². The van der Waals surface area contributed by atoms with E-state index in [1.54, 1.807) is 0 Å². The van der Waals surface area contributed by atoms with Crippen molar-refractivity contribution in [2.75, 3.05) is 0 Å². The van der Waals surface area contributed by atoms with Crippen LogP contribution in [0.5, 0.6) is 0 Å². The number of benzene rings is 4. The Kier molecular flexibility index (Phi) is 6.16. The second-order valence-corrected chi connectivity index (χ2v) is 10.7. The molecule has 1 fully saturated rings. The number of esters is 2. The molecule has 1 aliphatic carbocycles. The average molecular weight is 471 g/mol. The smallest absolute Gasteiger partial charge is 0.309 e. The summed E-state index contributed by atoms with van der Waals surface area (Å²) in [6.07, 6.45) is 3.49. The molecule has 0 spiro atoms. The van der Waals surface area contributed by atoms with Gasteiger partial charge in [0.15, 0.2) is 0 Å². The molecule has 0 heterocycles. The molecule has 0 aromatic heterocycles. The predicted octanol–water partition coefficient (Wildman–Crippen LogP) is 7.51. The topological polar surface area (TPSA) is 52.6 Å². The maximum absolute atomic E-state index is 13.1. The molecule has 4 aromatic rings. The first-order valence-corrected chi connectivity index (χ1v) is 12.9. The van der Waals surface area contributed by atoms with Crippen LogP contribution in [0.25, 0.3) is 32.3 Å². The number of rotatable bonds is 6. The van der Waals surface area contributed by atoms with Gasteiger partial charge in [0, 0.05) is 0 Å². The van der Waals surface area contributed by atoms with Crippen LogP contribution >= 0.6 is 0 Å². The molecule has 4 nitrogen and oxygen atoms in total. The van der Waals surface area contributed by atoms with E-state index < -0.39 is 5.60 Å². The normalized spacial score (nSPS) is 19.8. The summed E-state index contributed by atoms with van der Waals surface area (Å²) < 4.78 is 11.8. The SMILES string of the molecule is CCC(C)C(=O)OC1CCC(C(=O)OC(C)(C)c2cc3ccc4cccc5ccc(c2)c3c45)CC1. The zero-order chi connectivity index (χ0) is 24.7. The largest absolute Gasteiger partial charge is 0.462 e. The third-order valence-electron chi connectivity index (χ3n) is 7.82. The maximum Gasteiger partial charge on any atom is 0.309 e. The lowest BCUT2D eigenvalue weighted by molar-refractivity contribution is -0.166. The van der Waals surface area contributed by atoms with Crippen LogP contribution < -0.4 is 0 Å². The lowest BCUT2D eigenvalue weighted by Crippen LogP contribution is -2.34. The Labute approximate surface area is 206 Å².